The van der Waals surface area contributed by atoms with Crippen LogP contribution in [0.2, 0.25) is 0 Å². The Morgan fingerprint density at radius 3 is 2.72 bits per heavy atom. The zero-order valence-corrected chi connectivity index (χ0v) is 18.3. The minimum absolute atomic E-state index is 0.0800. The highest BCUT2D eigenvalue weighted by molar-refractivity contribution is 9.10. The molecule has 150 valence electrons. The summed E-state index contributed by atoms with van der Waals surface area (Å²) in [5.41, 5.74) is 5.08. The number of carbonyl (C=O) groups excluding carboxylic acids is 1. The van der Waals surface area contributed by atoms with E-state index in [1.54, 1.807) is 0 Å². The van der Waals surface area contributed by atoms with Crippen LogP contribution in [0, 0.1) is 11.3 Å². The van der Waals surface area contributed by atoms with Crippen LogP contribution in [-0.2, 0) is 24.2 Å². The number of rotatable bonds is 7. The van der Waals surface area contributed by atoms with Crippen molar-refractivity contribution in [2.75, 3.05) is 0 Å². The molecule has 0 spiro atoms. The molecule has 2 aromatic rings. The van der Waals surface area contributed by atoms with Crippen molar-refractivity contribution in [3.63, 3.8) is 0 Å². The van der Waals surface area contributed by atoms with E-state index in [0.29, 0.717) is 6.54 Å². The highest BCUT2D eigenvalue weighted by Crippen LogP contribution is 2.26. The van der Waals surface area contributed by atoms with Gasteiger partial charge < -0.3 is 10.6 Å². The summed E-state index contributed by atoms with van der Waals surface area (Å²) in [7, 11) is 0. The molecule has 1 aliphatic rings. The van der Waals surface area contributed by atoms with Crippen LogP contribution in [0.15, 0.2) is 58.7 Å². The third-order valence-electron chi connectivity index (χ3n) is 5.30. The monoisotopic (exact) mass is 451 g/mol. The zero-order chi connectivity index (χ0) is 20.6. The molecule has 0 aliphatic heterocycles. The van der Waals surface area contributed by atoms with E-state index in [-0.39, 0.29) is 17.5 Å². The van der Waals surface area contributed by atoms with Crippen molar-refractivity contribution in [1.29, 1.82) is 5.26 Å². The fourth-order valence-corrected chi connectivity index (χ4v) is 4.14. The maximum absolute atomic E-state index is 12.7. The van der Waals surface area contributed by atoms with E-state index >= 15 is 0 Å². The quantitative estimate of drug-likeness (QED) is 0.454. The molecule has 0 radical (unpaired) electrons. The van der Waals surface area contributed by atoms with Crippen molar-refractivity contribution in [1.82, 2.24) is 10.6 Å². The molecule has 5 heteroatoms. The number of halogens is 1. The van der Waals surface area contributed by atoms with Gasteiger partial charge in [0.25, 0.3) is 5.91 Å². The molecular formula is C24H26BrN3O. The number of benzene rings is 2. The molecule has 1 atom stereocenters. The number of aryl methyl sites for hydroxylation is 2. The number of carbonyl (C=O) groups is 1. The van der Waals surface area contributed by atoms with Gasteiger partial charge in [-0.05, 0) is 66.5 Å². The second-order valence-electron chi connectivity index (χ2n) is 7.35. The number of fused-ring (bicyclic) bond motifs is 1. The predicted octanol–water partition coefficient (Wildman–Crippen LogP) is 5.09. The second kappa shape index (κ2) is 10.3. The van der Waals surface area contributed by atoms with Gasteiger partial charge in [-0.2, -0.15) is 5.26 Å². The van der Waals surface area contributed by atoms with Crippen molar-refractivity contribution >= 4 is 21.8 Å². The lowest BCUT2D eigenvalue weighted by Crippen LogP contribution is -2.30. The van der Waals surface area contributed by atoms with Gasteiger partial charge >= 0.3 is 0 Å². The summed E-state index contributed by atoms with van der Waals surface area (Å²) in [5, 5.41) is 15.5. The lowest BCUT2D eigenvalue weighted by Gasteiger charge is -2.21. The van der Waals surface area contributed by atoms with Gasteiger partial charge in [0.15, 0.2) is 0 Å². The summed E-state index contributed by atoms with van der Waals surface area (Å²) in [6, 6.07) is 16.3. The average Bonchev–Trinajstić information content (AvgIpc) is 2.74. The van der Waals surface area contributed by atoms with Crippen LogP contribution in [0.1, 0.15) is 54.5 Å². The lowest BCUT2D eigenvalue weighted by molar-refractivity contribution is -0.117. The standard InChI is InChI=1S/C24H26BrN3O/c1-2-23(20-11-10-18-7-3-4-8-19(18)13-20)28-24(29)21(14-26)16-27-15-17-6-5-9-22(25)12-17/h5-6,9-13,16,23,27H,2-4,7-8,15H2,1H3,(H,28,29)/b21-16-. The zero-order valence-electron chi connectivity index (χ0n) is 16.7. The number of hydrogen-bond donors (Lipinski definition) is 2. The number of nitriles is 1. The Kier molecular flexibility index (Phi) is 7.48. The summed E-state index contributed by atoms with van der Waals surface area (Å²) in [6.45, 7) is 2.59. The highest BCUT2D eigenvalue weighted by Gasteiger charge is 2.18. The second-order valence-corrected chi connectivity index (χ2v) is 8.27. The minimum Gasteiger partial charge on any atom is -0.386 e. The Hall–Kier alpha value is -2.58. The highest BCUT2D eigenvalue weighted by atomic mass is 79.9. The maximum Gasteiger partial charge on any atom is 0.263 e. The Morgan fingerprint density at radius 2 is 2.00 bits per heavy atom. The van der Waals surface area contributed by atoms with E-state index in [4.69, 9.17) is 0 Å². The summed E-state index contributed by atoms with van der Waals surface area (Å²) in [4.78, 5) is 12.7. The molecule has 1 aliphatic carbocycles. The summed E-state index contributed by atoms with van der Waals surface area (Å²) in [5.74, 6) is -0.348. The molecule has 2 N–H and O–H groups in total. The first-order valence-corrected chi connectivity index (χ1v) is 10.9. The van der Waals surface area contributed by atoms with Crippen molar-refractivity contribution in [2.45, 2.75) is 51.6 Å². The van der Waals surface area contributed by atoms with Crippen LogP contribution in [0.5, 0.6) is 0 Å². The summed E-state index contributed by atoms with van der Waals surface area (Å²) < 4.78 is 0.995. The molecule has 1 amide bonds. The summed E-state index contributed by atoms with van der Waals surface area (Å²) in [6.07, 6.45) is 7.00. The molecule has 0 aromatic heterocycles. The van der Waals surface area contributed by atoms with E-state index in [9.17, 15) is 10.1 Å². The van der Waals surface area contributed by atoms with Crippen molar-refractivity contribution in [3.05, 3.63) is 81.0 Å². The number of nitrogens with one attached hydrogen (secondary N) is 2. The third-order valence-corrected chi connectivity index (χ3v) is 5.79. The smallest absolute Gasteiger partial charge is 0.263 e. The fraction of sp³-hybridized carbons (Fsp3) is 0.333. The van der Waals surface area contributed by atoms with E-state index in [2.05, 4.69) is 44.8 Å². The molecule has 0 heterocycles. The minimum atomic E-state index is -0.348. The Balaban J connectivity index is 1.65. The fourth-order valence-electron chi connectivity index (χ4n) is 3.69. The van der Waals surface area contributed by atoms with Gasteiger partial charge in [-0.25, -0.2) is 0 Å². The Morgan fingerprint density at radius 1 is 1.21 bits per heavy atom. The summed E-state index contributed by atoms with van der Waals surface area (Å²) >= 11 is 3.44. The van der Waals surface area contributed by atoms with E-state index in [1.165, 1.54) is 30.2 Å². The van der Waals surface area contributed by atoms with E-state index in [1.807, 2.05) is 37.3 Å². The Bertz CT molecular complexity index is 945. The number of hydrogen-bond acceptors (Lipinski definition) is 3. The maximum atomic E-state index is 12.7. The number of amides is 1. The van der Waals surface area contributed by atoms with Gasteiger partial charge in [0, 0.05) is 17.2 Å². The largest absolute Gasteiger partial charge is 0.386 e. The van der Waals surface area contributed by atoms with Gasteiger partial charge in [0.1, 0.15) is 11.6 Å². The van der Waals surface area contributed by atoms with Gasteiger partial charge in [-0.1, -0.05) is 53.2 Å². The third kappa shape index (κ3) is 5.71. The first-order valence-electron chi connectivity index (χ1n) is 10.1. The van der Waals surface area contributed by atoms with Crippen LogP contribution < -0.4 is 10.6 Å². The predicted molar refractivity (Wildman–Crippen MR) is 119 cm³/mol. The number of nitrogens with zero attached hydrogens (tertiary/aromatic N) is 1. The molecular weight excluding hydrogens is 426 g/mol. The SMILES string of the molecule is CCC(NC(=O)/C(C#N)=C\NCc1cccc(Br)c1)c1ccc2c(c1)CCCC2. The Labute approximate surface area is 181 Å². The molecule has 2 aromatic carbocycles. The van der Waals surface area contributed by atoms with Crippen LogP contribution in [0.25, 0.3) is 0 Å². The van der Waals surface area contributed by atoms with Gasteiger partial charge in [0.05, 0.1) is 6.04 Å². The van der Waals surface area contributed by atoms with Crippen LogP contribution >= 0.6 is 15.9 Å². The first kappa shape index (κ1) is 21.1. The molecule has 29 heavy (non-hydrogen) atoms. The molecule has 0 saturated heterocycles. The lowest BCUT2D eigenvalue weighted by atomic mass is 9.88. The topological polar surface area (TPSA) is 64.9 Å². The van der Waals surface area contributed by atoms with Crippen molar-refractivity contribution < 1.29 is 4.79 Å². The molecule has 0 bridgehead atoms. The molecule has 4 nitrogen and oxygen atoms in total. The van der Waals surface area contributed by atoms with Crippen molar-refractivity contribution in [2.24, 2.45) is 0 Å². The van der Waals surface area contributed by atoms with Crippen LogP contribution in [-0.4, -0.2) is 5.91 Å². The average molecular weight is 452 g/mol. The first-order chi connectivity index (χ1) is 14.1. The van der Waals surface area contributed by atoms with Gasteiger partial charge in [-0.3, -0.25) is 4.79 Å². The van der Waals surface area contributed by atoms with Crippen LogP contribution in [0.4, 0.5) is 0 Å². The molecule has 3 rings (SSSR count). The molecule has 0 fully saturated rings. The van der Waals surface area contributed by atoms with Crippen LogP contribution in [0.3, 0.4) is 0 Å². The molecule has 0 saturated carbocycles. The molecule has 1 unspecified atom stereocenters. The normalized spacial score (nSPS) is 14.4. The van der Waals surface area contributed by atoms with E-state index in [0.717, 1.165) is 34.9 Å². The van der Waals surface area contributed by atoms with Crippen molar-refractivity contribution in [3.8, 4) is 6.07 Å². The van der Waals surface area contributed by atoms with Gasteiger partial charge in [0.2, 0.25) is 0 Å². The van der Waals surface area contributed by atoms with Gasteiger partial charge in [-0.15, -0.1) is 0 Å². The van der Waals surface area contributed by atoms with E-state index < -0.39 is 0 Å².